The van der Waals surface area contributed by atoms with Gasteiger partial charge in [-0.25, -0.2) is 4.39 Å². The molecular formula is C9H7BrF3NO. The van der Waals surface area contributed by atoms with Gasteiger partial charge in [-0.3, -0.25) is 4.79 Å². The Bertz CT molecular complexity index is 370. The lowest BCUT2D eigenvalue weighted by Crippen LogP contribution is -2.29. The molecule has 0 heterocycles. The number of halogens is 4. The molecule has 15 heavy (non-hydrogen) atoms. The molecule has 0 saturated heterocycles. The fourth-order valence-electron chi connectivity index (χ4n) is 0.938. The van der Waals surface area contributed by atoms with Gasteiger partial charge in [-0.2, -0.15) is 8.78 Å². The fraction of sp³-hybridized carbons (Fsp3) is 0.222. The molecule has 1 N–H and O–H groups in total. The molecule has 0 unspecified atom stereocenters. The Hall–Kier alpha value is -1.04. The molecule has 0 aliphatic carbocycles. The van der Waals surface area contributed by atoms with Gasteiger partial charge in [0.2, 0.25) is 0 Å². The molecule has 1 rings (SSSR count). The van der Waals surface area contributed by atoms with Crippen LogP contribution in [0.5, 0.6) is 0 Å². The quantitative estimate of drug-likeness (QED) is 0.906. The predicted molar refractivity (Wildman–Crippen MR) is 52.0 cm³/mol. The molecule has 0 aliphatic rings. The molecule has 1 aromatic carbocycles. The molecule has 2 nitrogen and oxygen atoms in total. The van der Waals surface area contributed by atoms with E-state index in [1.54, 1.807) is 0 Å². The average molecular weight is 282 g/mol. The summed E-state index contributed by atoms with van der Waals surface area (Å²) < 4.78 is 36.9. The molecule has 1 aromatic rings. The van der Waals surface area contributed by atoms with E-state index in [1.165, 1.54) is 12.1 Å². The van der Waals surface area contributed by atoms with Crippen molar-refractivity contribution in [3.8, 4) is 0 Å². The van der Waals surface area contributed by atoms with Crippen LogP contribution in [0.2, 0.25) is 0 Å². The van der Waals surface area contributed by atoms with Crippen LogP contribution in [0, 0.1) is 5.82 Å². The van der Waals surface area contributed by atoms with E-state index in [1.807, 2.05) is 5.32 Å². The standard InChI is InChI=1S/C9H7BrF3NO/c10-7-2-1-6(11)3-5(7)4-14-9(15)8(12)13/h1-3,8H,4H2,(H,14,15). The second-order valence-corrected chi connectivity index (χ2v) is 3.61. The molecule has 82 valence electrons. The Morgan fingerprint density at radius 3 is 2.73 bits per heavy atom. The Kier molecular flexibility index (Phi) is 4.14. The van der Waals surface area contributed by atoms with Gasteiger partial charge < -0.3 is 5.32 Å². The molecule has 0 saturated carbocycles. The van der Waals surface area contributed by atoms with Gasteiger partial charge in [-0.05, 0) is 23.8 Å². The summed E-state index contributed by atoms with van der Waals surface area (Å²) in [6.45, 7) is -0.137. The lowest BCUT2D eigenvalue weighted by atomic mass is 10.2. The Morgan fingerprint density at radius 2 is 2.13 bits per heavy atom. The number of amides is 1. The van der Waals surface area contributed by atoms with Crippen molar-refractivity contribution < 1.29 is 18.0 Å². The molecule has 0 aromatic heterocycles. The van der Waals surface area contributed by atoms with Crippen LogP contribution in [0.1, 0.15) is 5.56 Å². The molecule has 0 aliphatic heterocycles. The number of nitrogens with one attached hydrogen (secondary N) is 1. The predicted octanol–water partition coefficient (Wildman–Crippen LogP) is 2.47. The molecule has 0 atom stereocenters. The summed E-state index contributed by atoms with van der Waals surface area (Å²) in [4.78, 5) is 10.5. The average Bonchev–Trinajstić information content (AvgIpc) is 2.18. The number of carbonyl (C=O) groups excluding carboxylic acids is 1. The lowest BCUT2D eigenvalue weighted by molar-refractivity contribution is -0.131. The van der Waals surface area contributed by atoms with Crippen LogP contribution >= 0.6 is 15.9 Å². The minimum atomic E-state index is -3.06. The smallest absolute Gasteiger partial charge is 0.315 e. The van der Waals surface area contributed by atoms with Crippen LogP contribution < -0.4 is 5.32 Å². The zero-order valence-corrected chi connectivity index (χ0v) is 9.02. The fourth-order valence-corrected chi connectivity index (χ4v) is 1.33. The van der Waals surface area contributed by atoms with Gasteiger partial charge in [0.25, 0.3) is 5.91 Å². The van der Waals surface area contributed by atoms with Crippen molar-refractivity contribution in [2.75, 3.05) is 0 Å². The summed E-state index contributed by atoms with van der Waals surface area (Å²) in [5, 5.41) is 1.98. The first-order chi connectivity index (χ1) is 7.00. The van der Waals surface area contributed by atoms with Crippen LogP contribution in [0.3, 0.4) is 0 Å². The molecule has 6 heteroatoms. The highest BCUT2D eigenvalue weighted by Crippen LogP contribution is 2.17. The Morgan fingerprint density at radius 1 is 1.47 bits per heavy atom. The SMILES string of the molecule is O=C(NCc1cc(F)ccc1Br)C(F)F. The van der Waals surface area contributed by atoms with E-state index in [-0.39, 0.29) is 6.54 Å². The van der Waals surface area contributed by atoms with Gasteiger partial charge in [-0.1, -0.05) is 15.9 Å². The molecule has 1 amide bonds. The summed E-state index contributed by atoms with van der Waals surface area (Å²) in [5.74, 6) is -1.86. The molecule has 0 fully saturated rings. The van der Waals surface area contributed by atoms with Gasteiger partial charge in [0.1, 0.15) is 5.82 Å². The third-order valence-corrected chi connectivity index (χ3v) is 2.43. The minimum Gasteiger partial charge on any atom is -0.347 e. The number of alkyl halides is 2. The van der Waals surface area contributed by atoms with Crippen molar-refractivity contribution in [3.63, 3.8) is 0 Å². The van der Waals surface area contributed by atoms with Gasteiger partial charge in [0, 0.05) is 11.0 Å². The highest BCUT2D eigenvalue weighted by Gasteiger charge is 2.14. The Balaban J connectivity index is 2.65. The molecule has 0 radical (unpaired) electrons. The van der Waals surface area contributed by atoms with Crippen molar-refractivity contribution in [2.24, 2.45) is 0 Å². The van der Waals surface area contributed by atoms with E-state index in [0.717, 1.165) is 6.07 Å². The number of hydrogen-bond acceptors (Lipinski definition) is 1. The normalized spacial score (nSPS) is 10.5. The van der Waals surface area contributed by atoms with Crippen LogP contribution in [0.4, 0.5) is 13.2 Å². The maximum absolute atomic E-state index is 12.7. The molecule has 0 bridgehead atoms. The number of benzene rings is 1. The van der Waals surface area contributed by atoms with Crippen LogP contribution in [0.25, 0.3) is 0 Å². The third kappa shape index (κ3) is 3.54. The van der Waals surface area contributed by atoms with Crippen LogP contribution in [-0.2, 0) is 11.3 Å². The largest absolute Gasteiger partial charge is 0.347 e. The first kappa shape index (κ1) is 12.0. The Labute approximate surface area is 92.6 Å². The summed E-state index contributed by atoms with van der Waals surface area (Å²) in [7, 11) is 0. The highest BCUT2D eigenvalue weighted by molar-refractivity contribution is 9.10. The summed E-state index contributed by atoms with van der Waals surface area (Å²) in [6, 6.07) is 3.83. The van der Waals surface area contributed by atoms with Gasteiger partial charge in [0.15, 0.2) is 0 Å². The number of carbonyl (C=O) groups is 1. The van der Waals surface area contributed by atoms with E-state index >= 15 is 0 Å². The van der Waals surface area contributed by atoms with Gasteiger partial charge in [-0.15, -0.1) is 0 Å². The number of rotatable bonds is 3. The van der Waals surface area contributed by atoms with Crippen molar-refractivity contribution in [3.05, 3.63) is 34.1 Å². The van der Waals surface area contributed by atoms with E-state index in [4.69, 9.17) is 0 Å². The van der Waals surface area contributed by atoms with Crippen LogP contribution in [0.15, 0.2) is 22.7 Å². The first-order valence-electron chi connectivity index (χ1n) is 4.00. The van der Waals surface area contributed by atoms with Crippen LogP contribution in [-0.4, -0.2) is 12.3 Å². The van der Waals surface area contributed by atoms with Crippen molar-refractivity contribution >= 4 is 21.8 Å². The van der Waals surface area contributed by atoms with E-state index in [9.17, 15) is 18.0 Å². The van der Waals surface area contributed by atoms with Gasteiger partial charge >= 0.3 is 6.43 Å². The summed E-state index contributed by atoms with van der Waals surface area (Å²) in [6.07, 6.45) is -3.06. The monoisotopic (exact) mass is 281 g/mol. The second-order valence-electron chi connectivity index (χ2n) is 2.75. The number of hydrogen-bond donors (Lipinski definition) is 1. The highest BCUT2D eigenvalue weighted by atomic mass is 79.9. The second kappa shape index (κ2) is 5.16. The summed E-state index contributed by atoms with van der Waals surface area (Å²) in [5.41, 5.74) is 0.406. The third-order valence-electron chi connectivity index (χ3n) is 1.66. The maximum atomic E-state index is 12.7. The van der Waals surface area contributed by atoms with Crippen molar-refractivity contribution in [1.82, 2.24) is 5.32 Å². The topological polar surface area (TPSA) is 29.1 Å². The zero-order chi connectivity index (χ0) is 11.4. The van der Waals surface area contributed by atoms with Gasteiger partial charge in [0.05, 0.1) is 0 Å². The minimum absolute atomic E-state index is 0.137. The van der Waals surface area contributed by atoms with E-state index < -0.39 is 18.1 Å². The van der Waals surface area contributed by atoms with Crippen molar-refractivity contribution in [2.45, 2.75) is 13.0 Å². The molecular weight excluding hydrogens is 275 g/mol. The maximum Gasteiger partial charge on any atom is 0.315 e. The zero-order valence-electron chi connectivity index (χ0n) is 7.44. The molecule has 0 spiro atoms. The van der Waals surface area contributed by atoms with E-state index in [2.05, 4.69) is 15.9 Å². The lowest BCUT2D eigenvalue weighted by Gasteiger charge is -2.06. The summed E-state index contributed by atoms with van der Waals surface area (Å²) >= 11 is 3.11. The first-order valence-corrected chi connectivity index (χ1v) is 4.80. The van der Waals surface area contributed by atoms with E-state index in [0.29, 0.717) is 10.0 Å². The van der Waals surface area contributed by atoms with Crippen molar-refractivity contribution in [1.29, 1.82) is 0 Å².